The third kappa shape index (κ3) is 3.10. The van der Waals surface area contributed by atoms with Crippen LogP contribution in [0.5, 0.6) is 0 Å². The van der Waals surface area contributed by atoms with Gasteiger partial charge in [-0.15, -0.1) is 0 Å². The van der Waals surface area contributed by atoms with Gasteiger partial charge in [0.1, 0.15) is 0 Å². The minimum atomic E-state index is -3.89. The van der Waals surface area contributed by atoms with Gasteiger partial charge in [-0.25, -0.2) is 12.7 Å². The maximum atomic E-state index is 13.7. The molecule has 1 heterocycles. The molecule has 0 saturated heterocycles. The van der Waals surface area contributed by atoms with E-state index in [-0.39, 0.29) is 0 Å². The van der Waals surface area contributed by atoms with Crippen molar-refractivity contribution in [3.8, 4) is 11.1 Å². The number of fused-ring (bicyclic) bond motifs is 7. The van der Waals surface area contributed by atoms with E-state index in [0.29, 0.717) is 0 Å². The number of hydrogen-bond donors (Lipinski definition) is 1. The van der Waals surface area contributed by atoms with E-state index in [1.165, 1.54) is 18.2 Å². The quantitative estimate of drug-likeness (QED) is 0.132. The Balaban J connectivity index is 2.05. The Labute approximate surface area is 201 Å². The van der Waals surface area contributed by atoms with Gasteiger partial charge in [0.2, 0.25) is 0 Å². The van der Waals surface area contributed by atoms with E-state index >= 15 is 0 Å². The summed E-state index contributed by atoms with van der Waals surface area (Å²) < 4.78 is 16.8. The van der Waals surface area contributed by atoms with Crippen molar-refractivity contribution in [1.82, 2.24) is 0 Å². The first-order valence-electron chi connectivity index (χ1n) is 8.63. The largest absolute Gasteiger partial charge is 0.415 e. The molecule has 1 N–H and O–H groups in total. The molecule has 0 fully saturated rings. The average Bonchev–Trinajstić information content (AvgIpc) is 2.82. The van der Waals surface area contributed by atoms with Crippen molar-refractivity contribution in [2.75, 3.05) is 8.15 Å². The number of hydrogen-bond acceptors (Lipinski definition) is 3. The molecule has 9 heteroatoms. The first kappa shape index (κ1) is 20.3. The first-order valence-corrected chi connectivity index (χ1v) is 16.8. The molecule has 0 unspecified atom stereocenters. The van der Waals surface area contributed by atoms with E-state index in [1.54, 1.807) is 8.15 Å². The lowest BCUT2D eigenvalue weighted by Gasteiger charge is -2.31. The van der Waals surface area contributed by atoms with Crippen LogP contribution >= 0.6 is 68.3 Å². The zero-order valence-electron chi connectivity index (χ0n) is 14.7. The number of anilines is 2. The highest BCUT2D eigenvalue weighted by Crippen LogP contribution is 2.67. The van der Waals surface area contributed by atoms with E-state index < -0.39 is 7.67 Å². The van der Waals surface area contributed by atoms with E-state index in [9.17, 15) is 9.46 Å². The number of benzene rings is 4. The van der Waals surface area contributed by atoms with Gasteiger partial charge in [0.25, 0.3) is 0 Å². The van der Waals surface area contributed by atoms with Crippen LogP contribution < -0.4 is 8.15 Å². The van der Waals surface area contributed by atoms with Gasteiger partial charge in [-0.2, -0.15) is 0 Å². The Morgan fingerprint density at radius 1 is 0.690 bits per heavy atom. The van der Waals surface area contributed by atoms with Gasteiger partial charge in [0.15, 0.2) is 0 Å². The summed E-state index contributed by atoms with van der Waals surface area (Å²) in [7, 11) is -1.40. The third-order valence-corrected chi connectivity index (χ3v) is 13.1. The summed E-state index contributed by atoms with van der Waals surface area (Å²) in [6.45, 7) is 0. The Kier molecular flexibility index (Phi) is 5.45. The summed E-state index contributed by atoms with van der Waals surface area (Å²) in [4.78, 5) is 11.3. The maximum absolute atomic E-state index is 13.7. The Bertz CT molecular complexity index is 1220. The number of halogens is 2. The number of rotatable bonds is 2. The topological polar surface area (TPSA) is 43.8 Å². The van der Waals surface area contributed by atoms with Crippen molar-refractivity contribution in [3.05, 3.63) is 72.8 Å². The number of nitrogens with zero attached hydrogens (tertiary/aromatic N) is 2. The molecule has 5 rings (SSSR count). The Morgan fingerprint density at radius 2 is 1.10 bits per heavy atom. The second-order valence-corrected chi connectivity index (χ2v) is 12.3. The molecule has 29 heavy (non-hydrogen) atoms. The zero-order valence-corrected chi connectivity index (χ0v) is 21.5. The van der Waals surface area contributed by atoms with E-state index in [0.717, 1.165) is 44.0 Å². The van der Waals surface area contributed by atoms with Gasteiger partial charge in [-0.05, 0) is 33.7 Å². The molecule has 0 saturated carbocycles. The smallest absolute Gasteiger partial charge is 0.312 e. The summed E-state index contributed by atoms with van der Waals surface area (Å²) in [5.74, 6) is 0. The van der Waals surface area contributed by atoms with Crippen molar-refractivity contribution < 1.29 is 9.46 Å². The fourth-order valence-electron chi connectivity index (χ4n) is 3.87. The van der Waals surface area contributed by atoms with Crippen molar-refractivity contribution in [1.29, 1.82) is 0 Å². The molecule has 0 bridgehead atoms. The average molecular weight is 662 g/mol. The maximum Gasteiger partial charge on any atom is 0.415 e. The fraction of sp³-hybridized carbons (Fsp3) is 0. The molecule has 146 valence electrons. The second-order valence-electron chi connectivity index (χ2n) is 6.56. The highest BCUT2D eigenvalue weighted by Gasteiger charge is 2.43. The molecular weight excluding hydrogens is 649 g/mol. The van der Waals surface area contributed by atoms with Crippen LogP contribution in [0.1, 0.15) is 0 Å². The lowest BCUT2D eigenvalue weighted by molar-refractivity contribution is 0.484. The lowest BCUT2D eigenvalue weighted by atomic mass is 9.91. The summed E-state index contributed by atoms with van der Waals surface area (Å²) in [6, 6.07) is 24.4. The summed E-state index contributed by atoms with van der Waals surface area (Å²) in [6.07, 6.45) is 0. The van der Waals surface area contributed by atoms with Crippen molar-refractivity contribution in [2.24, 2.45) is 0 Å². The molecule has 0 atom stereocenters. The van der Waals surface area contributed by atoms with E-state index in [1.807, 2.05) is 48.5 Å². The van der Waals surface area contributed by atoms with Crippen molar-refractivity contribution in [2.45, 2.75) is 0 Å². The van der Waals surface area contributed by atoms with Crippen LogP contribution in [0.25, 0.3) is 32.7 Å². The molecule has 4 nitrogen and oxygen atoms in total. The SMILES string of the molecule is O=P1(O)N(SI)c2ccc3ccccc3c2-c2c(ccc3ccccc23)N1SI. The predicted octanol–water partition coefficient (Wildman–Crippen LogP) is 8.38. The predicted molar refractivity (Wildman–Crippen MR) is 145 cm³/mol. The highest BCUT2D eigenvalue weighted by atomic mass is 127. The Morgan fingerprint density at radius 3 is 1.52 bits per heavy atom. The molecular formula is C20H13I2N2O2PS2. The van der Waals surface area contributed by atoms with Gasteiger partial charge in [-0.1, -0.05) is 60.7 Å². The van der Waals surface area contributed by atoms with Gasteiger partial charge < -0.3 is 4.89 Å². The second kappa shape index (κ2) is 7.80. The minimum Gasteiger partial charge on any atom is -0.312 e. The molecule has 1 aliphatic heterocycles. The molecule has 1 aliphatic rings. The van der Waals surface area contributed by atoms with Gasteiger partial charge >= 0.3 is 7.67 Å². The van der Waals surface area contributed by atoms with Crippen LogP contribution in [0.2, 0.25) is 0 Å². The molecule has 4 aromatic carbocycles. The van der Waals surface area contributed by atoms with Crippen LogP contribution in [0.3, 0.4) is 0 Å². The van der Waals surface area contributed by atoms with Crippen LogP contribution in [0.15, 0.2) is 72.8 Å². The van der Waals surface area contributed by atoms with Crippen molar-refractivity contribution in [3.63, 3.8) is 0 Å². The van der Waals surface area contributed by atoms with Crippen LogP contribution in [0, 0.1) is 0 Å². The fourth-order valence-corrected chi connectivity index (χ4v) is 12.0. The summed E-state index contributed by atoms with van der Waals surface area (Å²) >= 11 is 4.17. The molecule has 0 aromatic heterocycles. The van der Waals surface area contributed by atoms with Gasteiger partial charge in [0.05, 0.1) is 11.4 Å². The van der Waals surface area contributed by atoms with Gasteiger partial charge in [0, 0.05) is 71.8 Å². The van der Waals surface area contributed by atoms with Crippen LogP contribution in [-0.4, -0.2) is 4.89 Å². The van der Waals surface area contributed by atoms with Crippen molar-refractivity contribution >= 4 is 101 Å². The third-order valence-electron chi connectivity index (χ3n) is 5.08. The van der Waals surface area contributed by atoms with Gasteiger partial charge in [-0.3, -0.25) is 0 Å². The zero-order chi connectivity index (χ0) is 20.2. The lowest BCUT2D eigenvalue weighted by Crippen LogP contribution is -2.19. The first-order chi connectivity index (χ1) is 14.1. The normalized spacial score (nSPS) is 15.3. The molecule has 0 spiro atoms. The Hall–Kier alpha value is -0.650. The monoisotopic (exact) mass is 662 g/mol. The standard InChI is InChI=1S/C20H13I2N2O2PS2/c21-28-23-17-11-9-13-5-1-3-7-15(13)19(17)20-16-8-4-2-6-14(16)10-12-18(20)24(29-22)27(23,25)26/h1-12H,(H,25,26). The minimum absolute atomic E-state index is 0.750. The van der Waals surface area contributed by atoms with E-state index in [4.69, 9.17) is 0 Å². The molecule has 0 aliphatic carbocycles. The summed E-state index contributed by atoms with van der Waals surface area (Å²) in [5.41, 5.74) is 3.47. The summed E-state index contributed by atoms with van der Waals surface area (Å²) in [5, 5.41) is 4.34. The molecule has 4 aromatic rings. The van der Waals surface area contributed by atoms with Crippen LogP contribution in [-0.2, 0) is 4.57 Å². The van der Waals surface area contributed by atoms with E-state index in [2.05, 4.69) is 66.7 Å². The highest BCUT2D eigenvalue weighted by molar-refractivity contribution is 14.2. The van der Waals surface area contributed by atoms with Crippen LogP contribution in [0.4, 0.5) is 11.4 Å². The molecule has 0 amide bonds. The molecule has 0 radical (unpaired) electrons.